The third-order valence-electron chi connectivity index (χ3n) is 2.77. The molecule has 0 aliphatic heterocycles. The molecule has 1 aromatic carbocycles. The van der Waals surface area contributed by atoms with Crippen molar-refractivity contribution in [2.24, 2.45) is 5.73 Å². The molecule has 10 heteroatoms. The minimum Gasteiger partial charge on any atom is -0.367 e. The Morgan fingerprint density at radius 1 is 1.15 bits per heavy atom. The lowest BCUT2D eigenvalue weighted by Gasteiger charge is -2.12. The van der Waals surface area contributed by atoms with Crippen molar-refractivity contribution in [3.05, 3.63) is 40.4 Å². The molecule has 0 aromatic heterocycles. The Morgan fingerprint density at radius 3 is 1.89 bits per heavy atom. The number of hydrogen-bond donors (Lipinski definition) is 2. The minimum absolute atomic E-state index is 0.357. The van der Waals surface area contributed by atoms with Gasteiger partial charge < -0.3 is 20.6 Å². The second kappa shape index (κ2) is 17.4. The Bertz CT molecular complexity index is 576. The normalized spacial score (nSPS) is 12.2. The molecule has 152 valence electrons. The van der Waals surface area contributed by atoms with Crippen molar-refractivity contribution >= 4 is 47.5 Å². The number of carbonyl (C=O) groups is 3. The highest BCUT2D eigenvalue weighted by molar-refractivity contribution is 6.35. The van der Waals surface area contributed by atoms with E-state index in [1.165, 1.54) is 44.6 Å². The van der Waals surface area contributed by atoms with Crippen LogP contribution in [0.5, 0.6) is 0 Å². The van der Waals surface area contributed by atoms with Crippen molar-refractivity contribution in [1.29, 1.82) is 0 Å². The summed E-state index contributed by atoms with van der Waals surface area (Å²) >= 11 is 11.5. The monoisotopic (exact) mass is 424 g/mol. The number of nitrogens with one attached hydrogen (secondary N) is 1. The zero-order valence-electron chi connectivity index (χ0n) is 15.0. The summed E-state index contributed by atoms with van der Waals surface area (Å²) in [4.78, 5) is 33.2. The van der Waals surface area contributed by atoms with E-state index >= 15 is 0 Å². The lowest BCUT2D eigenvalue weighted by Crippen LogP contribution is -2.40. The fourth-order valence-electron chi connectivity index (χ4n) is 1.78. The molecule has 0 saturated heterocycles. The van der Waals surface area contributed by atoms with Gasteiger partial charge >= 0.3 is 0 Å². The molecule has 2 rings (SSSR count). The quantitative estimate of drug-likeness (QED) is 0.567. The van der Waals surface area contributed by atoms with Crippen molar-refractivity contribution in [2.45, 2.75) is 25.4 Å². The third kappa shape index (κ3) is 13.8. The molecule has 3 N–H and O–H groups in total. The molecule has 1 aliphatic carbocycles. The van der Waals surface area contributed by atoms with Gasteiger partial charge in [0.15, 0.2) is 0 Å². The summed E-state index contributed by atoms with van der Waals surface area (Å²) in [6, 6.07) is 4.48. The zero-order valence-corrected chi connectivity index (χ0v) is 16.6. The van der Waals surface area contributed by atoms with Crippen LogP contribution in [0, 0.1) is 0 Å². The van der Waals surface area contributed by atoms with Crippen LogP contribution in [0.1, 0.15) is 19.3 Å². The average Bonchev–Trinajstić information content (AvgIpc) is 3.16. The van der Waals surface area contributed by atoms with Crippen LogP contribution in [-0.4, -0.2) is 38.9 Å². The third-order valence-corrected chi connectivity index (χ3v) is 3.21. The van der Waals surface area contributed by atoms with Gasteiger partial charge in [0.05, 0.1) is 7.11 Å². The largest absolute Gasteiger partial charge is 0.367 e. The molecular formula is C17H23Cl2FN2O5. The number of anilines is 1. The minimum atomic E-state index is -1.35. The number of ether oxygens (including phenoxy) is 1. The second-order valence-electron chi connectivity index (χ2n) is 4.72. The summed E-state index contributed by atoms with van der Waals surface area (Å²) in [6.07, 6.45) is 7.15. The van der Waals surface area contributed by atoms with Crippen LogP contribution < -0.4 is 11.1 Å². The van der Waals surface area contributed by atoms with E-state index in [1.54, 1.807) is 0 Å². The number of benzene rings is 1. The molecule has 27 heavy (non-hydrogen) atoms. The van der Waals surface area contributed by atoms with E-state index in [1.807, 2.05) is 6.79 Å². The molecule has 0 heterocycles. The lowest BCUT2D eigenvalue weighted by molar-refractivity contribution is -0.138. The number of carbonyl (C=O) groups excluding carboxylic acids is 3. The number of nitrogens with two attached hydrogens (primary N) is 1. The van der Waals surface area contributed by atoms with Crippen LogP contribution >= 0.6 is 23.2 Å². The average molecular weight is 425 g/mol. The van der Waals surface area contributed by atoms with Gasteiger partial charge in [-0.05, 0) is 42.0 Å². The van der Waals surface area contributed by atoms with Crippen LogP contribution in [0.3, 0.4) is 0 Å². The molecular weight excluding hydrogens is 402 g/mol. The smallest absolute Gasteiger partial charge is 0.263 e. The molecule has 1 unspecified atom stereocenters. The fourth-order valence-corrected chi connectivity index (χ4v) is 2.30. The molecule has 0 saturated carbocycles. The summed E-state index contributed by atoms with van der Waals surface area (Å²) in [6.45, 7) is 2.00. The molecule has 1 atom stereocenters. The van der Waals surface area contributed by atoms with E-state index in [0.29, 0.717) is 15.7 Å². The summed E-state index contributed by atoms with van der Waals surface area (Å²) in [5.74, 6) is -1.56. The topological polar surface area (TPSA) is 108 Å². The SMILES string of the molecule is C1=CCCC1.C=O.COC(C(N)=O)C(=O)Nc1cc(Cl)cc(Cl)c1.COF. The van der Waals surface area contributed by atoms with E-state index in [4.69, 9.17) is 33.7 Å². The van der Waals surface area contributed by atoms with E-state index in [2.05, 4.69) is 27.1 Å². The summed E-state index contributed by atoms with van der Waals surface area (Å²) < 4.78 is 14.4. The number of halogens is 3. The molecule has 1 aromatic rings. The molecule has 1 aliphatic rings. The zero-order chi connectivity index (χ0) is 21.2. The maximum atomic E-state index is 11.6. The van der Waals surface area contributed by atoms with Crippen molar-refractivity contribution in [2.75, 3.05) is 19.5 Å². The first-order valence-corrected chi connectivity index (χ1v) is 8.29. The first-order valence-electron chi connectivity index (χ1n) is 7.53. The molecule has 0 fully saturated rings. The highest BCUT2D eigenvalue weighted by atomic mass is 35.5. The van der Waals surface area contributed by atoms with Crippen molar-refractivity contribution < 1.29 is 28.6 Å². The molecule has 0 radical (unpaired) electrons. The standard InChI is InChI=1S/C10H10Cl2N2O3.C5H8.CH3FO.CH2O/c1-17-8(9(13)15)10(16)14-7-3-5(11)2-6(12)4-7;1-2-4-5-3-1;1-3-2;1-2/h2-4,8H,1H3,(H2,13,15)(H,14,16);1-2H,3-5H2;1H3;1H2. The van der Waals surface area contributed by atoms with E-state index in [-0.39, 0.29) is 0 Å². The highest BCUT2D eigenvalue weighted by Crippen LogP contribution is 2.22. The second-order valence-corrected chi connectivity index (χ2v) is 5.59. The van der Waals surface area contributed by atoms with E-state index in [9.17, 15) is 14.1 Å². The van der Waals surface area contributed by atoms with Gasteiger partial charge in [-0.3, -0.25) is 9.59 Å². The van der Waals surface area contributed by atoms with Crippen LogP contribution in [-0.2, 0) is 24.1 Å². The van der Waals surface area contributed by atoms with Crippen LogP contribution in [0.25, 0.3) is 0 Å². The summed E-state index contributed by atoms with van der Waals surface area (Å²) in [5, 5.41) is 3.15. The maximum Gasteiger partial charge on any atom is 0.263 e. The Morgan fingerprint density at radius 2 is 1.59 bits per heavy atom. The number of allylic oxidation sites excluding steroid dienone is 2. The number of amides is 2. The van der Waals surface area contributed by atoms with Gasteiger partial charge in [0.25, 0.3) is 11.8 Å². The summed E-state index contributed by atoms with van der Waals surface area (Å²) in [7, 11) is 2.17. The van der Waals surface area contributed by atoms with Gasteiger partial charge in [-0.15, -0.1) is 0 Å². The fraction of sp³-hybridized carbons (Fsp3) is 0.353. The highest BCUT2D eigenvalue weighted by Gasteiger charge is 2.23. The van der Waals surface area contributed by atoms with E-state index in [0.717, 1.165) is 7.11 Å². The molecule has 2 amide bonds. The number of methoxy groups -OCH3 is 1. The Hall–Kier alpha value is -2.00. The van der Waals surface area contributed by atoms with E-state index < -0.39 is 17.9 Å². The van der Waals surface area contributed by atoms with Crippen LogP contribution in [0.15, 0.2) is 30.4 Å². The molecule has 7 nitrogen and oxygen atoms in total. The summed E-state index contributed by atoms with van der Waals surface area (Å²) in [5.41, 5.74) is 5.34. The first kappa shape index (κ1) is 27.2. The van der Waals surface area contributed by atoms with Gasteiger partial charge in [0, 0.05) is 22.8 Å². The number of hydrogen-bond acceptors (Lipinski definition) is 5. The lowest BCUT2D eigenvalue weighted by atomic mass is 10.2. The molecule has 0 bridgehead atoms. The first-order chi connectivity index (χ1) is 12.8. The van der Waals surface area contributed by atoms with Gasteiger partial charge in [-0.1, -0.05) is 35.4 Å². The number of primary amides is 1. The van der Waals surface area contributed by atoms with Crippen LogP contribution in [0.2, 0.25) is 10.0 Å². The Balaban J connectivity index is 0. The number of rotatable bonds is 4. The van der Waals surface area contributed by atoms with Gasteiger partial charge in [-0.2, -0.15) is 4.94 Å². The van der Waals surface area contributed by atoms with Gasteiger partial charge in [-0.25, -0.2) is 0 Å². The maximum absolute atomic E-state index is 11.6. The Kier molecular flexibility index (Phi) is 17.6. The predicted molar refractivity (Wildman–Crippen MR) is 103 cm³/mol. The van der Waals surface area contributed by atoms with Gasteiger partial charge in [0.1, 0.15) is 6.79 Å². The molecule has 0 spiro atoms. The Labute approximate surface area is 167 Å². The van der Waals surface area contributed by atoms with Crippen molar-refractivity contribution in [3.8, 4) is 0 Å². The van der Waals surface area contributed by atoms with Gasteiger partial charge in [0.2, 0.25) is 6.10 Å². The van der Waals surface area contributed by atoms with Crippen molar-refractivity contribution in [3.63, 3.8) is 0 Å². The van der Waals surface area contributed by atoms with Crippen molar-refractivity contribution in [1.82, 2.24) is 0 Å². The van der Waals surface area contributed by atoms with Crippen LogP contribution in [0.4, 0.5) is 10.2 Å². The predicted octanol–water partition coefficient (Wildman–Crippen LogP) is 3.49.